The van der Waals surface area contributed by atoms with E-state index in [1.165, 1.54) is 0 Å². The molecule has 0 radical (unpaired) electrons. The van der Waals surface area contributed by atoms with Crippen molar-refractivity contribution in [3.63, 3.8) is 0 Å². The summed E-state index contributed by atoms with van der Waals surface area (Å²) in [6.45, 7) is 1.68. The number of H-pyrrole nitrogens is 1. The van der Waals surface area contributed by atoms with E-state index in [2.05, 4.69) is 20.9 Å². The first-order chi connectivity index (χ1) is 19.9. The summed E-state index contributed by atoms with van der Waals surface area (Å²) in [6, 6.07) is 23.5. The number of aromatic carboxylic acids is 1. The summed E-state index contributed by atoms with van der Waals surface area (Å²) < 4.78 is 1.66. The highest BCUT2D eigenvalue weighted by atomic mass is 16.4. The summed E-state index contributed by atoms with van der Waals surface area (Å²) in [5, 5.41) is 18.4. The van der Waals surface area contributed by atoms with Crippen LogP contribution in [0.25, 0.3) is 22.3 Å². The average Bonchev–Trinajstić information content (AvgIpc) is 3.45. The molecule has 0 saturated carbocycles. The van der Waals surface area contributed by atoms with Crippen molar-refractivity contribution < 1.29 is 9.90 Å². The molecule has 5 aromatic rings. The number of benzene rings is 2. The number of pyridine rings is 1. The lowest BCUT2D eigenvalue weighted by atomic mass is 10.1. The third-order valence-electron chi connectivity index (χ3n) is 6.93. The van der Waals surface area contributed by atoms with Crippen LogP contribution in [0.1, 0.15) is 34.3 Å². The summed E-state index contributed by atoms with van der Waals surface area (Å²) in [7, 11) is 0. The summed E-state index contributed by atoms with van der Waals surface area (Å²) in [5.74, 6) is -0.305. The maximum absolute atomic E-state index is 13.7. The Bertz CT molecular complexity index is 1760. The van der Waals surface area contributed by atoms with Gasteiger partial charge in [-0.05, 0) is 54.8 Å². The number of fused-ring (bicyclic) bond motifs is 1. The molecule has 2 aromatic carbocycles. The van der Waals surface area contributed by atoms with Crippen LogP contribution in [0.15, 0.2) is 90.0 Å². The van der Waals surface area contributed by atoms with Crippen molar-refractivity contribution in [2.75, 3.05) is 18.0 Å². The van der Waals surface area contributed by atoms with Gasteiger partial charge in [0.25, 0.3) is 5.56 Å². The third-order valence-corrected chi connectivity index (χ3v) is 6.93. The Balaban J connectivity index is 0.000000321. The Hall–Kier alpha value is -5.27. The van der Waals surface area contributed by atoms with Crippen molar-refractivity contribution in [2.45, 2.75) is 25.4 Å². The minimum absolute atomic E-state index is 0.0331. The Labute approximate surface area is 236 Å². The molecular formula is C31H29N7O3. The summed E-state index contributed by atoms with van der Waals surface area (Å²) in [6.07, 6.45) is 5.35. The highest BCUT2D eigenvalue weighted by Crippen LogP contribution is 2.25. The zero-order valence-electron chi connectivity index (χ0n) is 22.3. The quantitative estimate of drug-likeness (QED) is 0.298. The van der Waals surface area contributed by atoms with Gasteiger partial charge in [0, 0.05) is 42.8 Å². The van der Waals surface area contributed by atoms with Crippen LogP contribution >= 0.6 is 0 Å². The Morgan fingerprint density at radius 1 is 1.12 bits per heavy atom. The van der Waals surface area contributed by atoms with Crippen LogP contribution in [-0.4, -0.2) is 49.7 Å². The molecular weight excluding hydrogens is 518 g/mol. The van der Waals surface area contributed by atoms with Crippen molar-refractivity contribution in [2.24, 2.45) is 5.73 Å². The second-order valence-corrected chi connectivity index (χ2v) is 9.78. The van der Waals surface area contributed by atoms with Gasteiger partial charge in [0.1, 0.15) is 5.65 Å². The zero-order chi connectivity index (χ0) is 28.8. The van der Waals surface area contributed by atoms with E-state index in [-0.39, 0.29) is 18.1 Å². The topological polar surface area (TPSA) is 154 Å². The molecule has 1 atom stereocenters. The van der Waals surface area contributed by atoms with Gasteiger partial charge in [0.15, 0.2) is 0 Å². The molecule has 4 N–H and O–H groups in total. The molecule has 1 saturated heterocycles. The van der Waals surface area contributed by atoms with E-state index in [1.807, 2.05) is 36.4 Å². The Morgan fingerprint density at radius 2 is 1.90 bits per heavy atom. The number of hydrogen-bond acceptors (Lipinski definition) is 7. The number of nitriles is 1. The predicted octanol–water partition coefficient (Wildman–Crippen LogP) is 4.02. The van der Waals surface area contributed by atoms with E-state index < -0.39 is 5.97 Å². The van der Waals surface area contributed by atoms with Crippen LogP contribution in [0.4, 0.5) is 5.95 Å². The van der Waals surface area contributed by atoms with Crippen molar-refractivity contribution in [1.82, 2.24) is 19.5 Å². The average molecular weight is 548 g/mol. The maximum atomic E-state index is 13.7. The molecule has 3 aromatic heterocycles. The van der Waals surface area contributed by atoms with Crippen molar-refractivity contribution in [3.8, 4) is 17.3 Å². The first-order valence-corrected chi connectivity index (χ1v) is 13.3. The number of aromatic nitrogens is 4. The number of piperidine rings is 1. The number of nitrogens with one attached hydrogen (secondary N) is 1. The van der Waals surface area contributed by atoms with Crippen molar-refractivity contribution >= 4 is 23.0 Å². The molecule has 1 aliphatic heterocycles. The first kappa shape index (κ1) is 27.3. The number of anilines is 1. The third kappa shape index (κ3) is 6.16. The van der Waals surface area contributed by atoms with Gasteiger partial charge in [0.05, 0.1) is 29.1 Å². The normalized spacial score (nSPS) is 14.6. The van der Waals surface area contributed by atoms with Gasteiger partial charge in [-0.3, -0.25) is 14.3 Å². The molecule has 206 valence electrons. The van der Waals surface area contributed by atoms with Crippen molar-refractivity contribution in [3.05, 3.63) is 112 Å². The SMILES string of the molecule is N#Cc1ccccc1Cn1c(N2CCC[C@@H](N)C2)nc2[nH]c(-c3cccnc3)cc2c1=O.O=C(O)c1ccccc1. The van der Waals surface area contributed by atoms with Crippen molar-refractivity contribution in [1.29, 1.82) is 5.26 Å². The van der Waals surface area contributed by atoms with E-state index in [1.54, 1.807) is 53.4 Å². The lowest BCUT2D eigenvalue weighted by molar-refractivity contribution is 0.0697. The number of nitrogens with zero attached hydrogens (tertiary/aromatic N) is 5. The summed E-state index contributed by atoms with van der Waals surface area (Å²) >= 11 is 0. The van der Waals surface area contributed by atoms with Gasteiger partial charge >= 0.3 is 5.97 Å². The van der Waals surface area contributed by atoms with E-state index in [9.17, 15) is 14.9 Å². The predicted molar refractivity (Wildman–Crippen MR) is 157 cm³/mol. The maximum Gasteiger partial charge on any atom is 0.335 e. The van der Waals surface area contributed by atoms with Crippen LogP contribution in [0.2, 0.25) is 0 Å². The second-order valence-electron chi connectivity index (χ2n) is 9.78. The van der Waals surface area contributed by atoms with Gasteiger partial charge in [0.2, 0.25) is 5.95 Å². The van der Waals surface area contributed by atoms with Crippen LogP contribution in [-0.2, 0) is 6.54 Å². The minimum atomic E-state index is -0.879. The van der Waals surface area contributed by atoms with Crippen LogP contribution in [0.3, 0.4) is 0 Å². The van der Waals surface area contributed by atoms with Gasteiger partial charge in [-0.2, -0.15) is 10.2 Å². The number of carboxylic acid groups (broad SMARTS) is 1. The number of rotatable bonds is 5. The first-order valence-electron chi connectivity index (χ1n) is 13.3. The number of carboxylic acids is 1. The smallest absolute Gasteiger partial charge is 0.335 e. The second kappa shape index (κ2) is 12.3. The molecule has 41 heavy (non-hydrogen) atoms. The van der Waals surface area contributed by atoms with E-state index in [4.69, 9.17) is 15.8 Å². The molecule has 0 aliphatic carbocycles. The van der Waals surface area contributed by atoms with Gasteiger partial charge < -0.3 is 20.7 Å². The Kier molecular flexibility index (Phi) is 8.18. The van der Waals surface area contributed by atoms with Crippen LogP contribution < -0.4 is 16.2 Å². The van der Waals surface area contributed by atoms with Gasteiger partial charge in [-0.15, -0.1) is 0 Å². The van der Waals surface area contributed by atoms with E-state index >= 15 is 0 Å². The lowest BCUT2D eigenvalue weighted by Crippen LogP contribution is -2.45. The number of carbonyl (C=O) groups is 1. The molecule has 1 fully saturated rings. The fourth-order valence-electron chi connectivity index (χ4n) is 4.86. The fraction of sp³-hybridized carbons (Fsp3) is 0.194. The highest BCUT2D eigenvalue weighted by Gasteiger charge is 2.24. The van der Waals surface area contributed by atoms with Crippen LogP contribution in [0.5, 0.6) is 0 Å². The van der Waals surface area contributed by atoms with E-state index in [0.717, 1.165) is 36.2 Å². The lowest BCUT2D eigenvalue weighted by Gasteiger charge is -2.33. The number of nitrogens with two attached hydrogens (primary N) is 1. The molecule has 0 spiro atoms. The molecule has 6 rings (SSSR count). The number of aromatic amines is 1. The summed E-state index contributed by atoms with van der Waals surface area (Å²) in [5.41, 5.74) is 9.94. The molecule has 0 amide bonds. The van der Waals surface area contributed by atoms with Crippen LogP contribution in [0, 0.1) is 11.3 Å². The number of hydrogen-bond donors (Lipinski definition) is 3. The molecule has 10 heteroatoms. The summed E-state index contributed by atoms with van der Waals surface area (Å²) in [4.78, 5) is 38.3. The molecule has 0 bridgehead atoms. The molecule has 1 aliphatic rings. The molecule has 0 unspecified atom stereocenters. The standard InChI is InChI=1S/C24H23N7O.C7H6O2/c25-12-16-5-1-2-6-18(16)14-31-23(32)20-11-21(17-7-3-9-27-13-17)28-22(20)29-24(31)30-10-4-8-19(26)15-30;8-7(9)6-4-2-1-3-5-6/h1-3,5-7,9,11,13,19,28H,4,8,10,14-15,26H2;1-5H,(H,8,9)/t19-;/m1./s1. The minimum Gasteiger partial charge on any atom is -0.478 e. The van der Waals surface area contributed by atoms with Gasteiger partial charge in [-0.25, -0.2) is 4.79 Å². The van der Waals surface area contributed by atoms with E-state index in [0.29, 0.717) is 34.7 Å². The zero-order valence-corrected chi connectivity index (χ0v) is 22.3. The monoisotopic (exact) mass is 547 g/mol. The fourth-order valence-corrected chi connectivity index (χ4v) is 4.86. The van der Waals surface area contributed by atoms with Gasteiger partial charge in [-0.1, -0.05) is 36.4 Å². The Morgan fingerprint density at radius 3 is 2.59 bits per heavy atom. The molecule has 4 heterocycles. The molecule has 10 nitrogen and oxygen atoms in total. The largest absolute Gasteiger partial charge is 0.478 e. The highest BCUT2D eigenvalue weighted by molar-refractivity contribution is 5.87.